The summed E-state index contributed by atoms with van der Waals surface area (Å²) >= 11 is 5.73. The van der Waals surface area contributed by atoms with Gasteiger partial charge in [-0.15, -0.1) is 0 Å². The van der Waals surface area contributed by atoms with Crippen molar-refractivity contribution in [2.75, 3.05) is 6.61 Å². The largest absolute Gasteiger partial charge is 0.492 e. The summed E-state index contributed by atoms with van der Waals surface area (Å²) in [6.07, 6.45) is 0.620. The molecule has 17 heavy (non-hydrogen) atoms. The Morgan fingerprint density at radius 1 is 1.53 bits per heavy atom. The van der Waals surface area contributed by atoms with E-state index in [1.54, 1.807) is 26.0 Å². The summed E-state index contributed by atoms with van der Waals surface area (Å²) in [4.78, 5) is 21.7. The van der Waals surface area contributed by atoms with Crippen molar-refractivity contribution >= 4 is 23.9 Å². The van der Waals surface area contributed by atoms with Crippen LogP contribution in [0.25, 0.3) is 0 Å². The molecular formula is C12H13ClO4. The van der Waals surface area contributed by atoms with E-state index in [1.807, 2.05) is 0 Å². The van der Waals surface area contributed by atoms with E-state index in [1.165, 1.54) is 6.07 Å². The Hall–Kier alpha value is -1.55. The standard InChI is InChI=1S/C12H13ClO4/c1-12(2,11(15)16)7-17-10-4-3-9(13)5-8(10)6-14/h3-6H,7H2,1-2H3,(H,15,16). The quantitative estimate of drug-likeness (QED) is 0.823. The molecule has 5 heteroatoms. The maximum Gasteiger partial charge on any atom is 0.312 e. The van der Waals surface area contributed by atoms with Crippen molar-refractivity contribution in [2.45, 2.75) is 13.8 Å². The SMILES string of the molecule is CC(C)(COc1ccc(Cl)cc1C=O)C(=O)O. The summed E-state index contributed by atoms with van der Waals surface area (Å²) in [7, 11) is 0. The second kappa shape index (κ2) is 5.19. The van der Waals surface area contributed by atoms with Gasteiger partial charge in [0.15, 0.2) is 6.29 Å². The molecule has 0 spiro atoms. The molecule has 0 amide bonds. The van der Waals surface area contributed by atoms with Crippen LogP contribution in [0.3, 0.4) is 0 Å². The molecule has 1 aromatic rings. The molecule has 1 rings (SSSR count). The number of rotatable bonds is 5. The molecule has 0 aliphatic rings. The topological polar surface area (TPSA) is 63.6 Å². The van der Waals surface area contributed by atoms with Crippen LogP contribution in [-0.2, 0) is 4.79 Å². The lowest BCUT2D eigenvalue weighted by atomic mass is 9.95. The van der Waals surface area contributed by atoms with E-state index in [0.29, 0.717) is 22.6 Å². The molecule has 1 N–H and O–H groups in total. The predicted molar refractivity (Wildman–Crippen MR) is 63.8 cm³/mol. The normalized spacial score (nSPS) is 11.0. The molecule has 92 valence electrons. The minimum atomic E-state index is -1.01. The third-order valence-electron chi connectivity index (χ3n) is 2.27. The first-order chi connectivity index (χ1) is 7.86. The van der Waals surface area contributed by atoms with Gasteiger partial charge in [0.2, 0.25) is 0 Å². The Kier molecular flexibility index (Phi) is 4.12. The average molecular weight is 257 g/mol. The molecule has 0 aromatic heterocycles. The molecule has 0 fully saturated rings. The monoisotopic (exact) mass is 256 g/mol. The molecule has 0 unspecified atom stereocenters. The van der Waals surface area contributed by atoms with Crippen LogP contribution in [0.2, 0.25) is 5.02 Å². The van der Waals surface area contributed by atoms with E-state index in [9.17, 15) is 9.59 Å². The summed E-state index contributed by atoms with van der Waals surface area (Å²) in [5, 5.41) is 9.35. The number of halogens is 1. The lowest BCUT2D eigenvalue weighted by Gasteiger charge is -2.20. The van der Waals surface area contributed by atoms with Gasteiger partial charge >= 0.3 is 5.97 Å². The molecule has 0 aliphatic carbocycles. The molecule has 4 nitrogen and oxygen atoms in total. The Labute approximate surface area is 104 Å². The van der Waals surface area contributed by atoms with Crippen LogP contribution in [0, 0.1) is 5.41 Å². The highest BCUT2D eigenvalue weighted by Gasteiger charge is 2.28. The third kappa shape index (κ3) is 3.46. The fourth-order valence-corrected chi connectivity index (χ4v) is 1.24. The Bertz CT molecular complexity index is 440. The number of carboxylic acid groups (broad SMARTS) is 1. The predicted octanol–water partition coefficient (Wildman–Crippen LogP) is 2.64. The van der Waals surface area contributed by atoms with Gasteiger partial charge in [0.1, 0.15) is 12.4 Å². The summed E-state index contributed by atoms with van der Waals surface area (Å²) < 4.78 is 5.34. The fraction of sp³-hybridized carbons (Fsp3) is 0.333. The van der Waals surface area contributed by atoms with Crippen LogP contribution >= 0.6 is 11.6 Å². The molecule has 0 atom stereocenters. The smallest absolute Gasteiger partial charge is 0.312 e. The van der Waals surface area contributed by atoms with Gasteiger partial charge in [0.25, 0.3) is 0 Å². The van der Waals surface area contributed by atoms with Gasteiger partial charge < -0.3 is 9.84 Å². The van der Waals surface area contributed by atoms with Crippen molar-refractivity contribution in [1.82, 2.24) is 0 Å². The molecule has 0 heterocycles. The molecule has 0 saturated carbocycles. The van der Waals surface area contributed by atoms with Gasteiger partial charge in [-0.2, -0.15) is 0 Å². The highest BCUT2D eigenvalue weighted by Crippen LogP contribution is 2.24. The van der Waals surface area contributed by atoms with E-state index in [0.717, 1.165) is 0 Å². The lowest BCUT2D eigenvalue weighted by molar-refractivity contribution is -0.148. The number of aliphatic carboxylic acids is 1. The second-order valence-corrected chi connectivity index (χ2v) is 4.71. The molecular weight excluding hydrogens is 244 g/mol. The van der Waals surface area contributed by atoms with Crippen molar-refractivity contribution in [2.24, 2.45) is 5.41 Å². The maximum absolute atomic E-state index is 10.9. The van der Waals surface area contributed by atoms with E-state index in [2.05, 4.69) is 0 Å². The number of carbonyl (C=O) groups excluding carboxylic acids is 1. The van der Waals surface area contributed by atoms with E-state index in [-0.39, 0.29) is 6.61 Å². The highest BCUT2D eigenvalue weighted by molar-refractivity contribution is 6.30. The summed E-state index contributed by atoms with van der Waals surface area (Å²) in [5.41, 5.74) is -0.710. The first kappa shape index (κ1) is 13.5. The van der Waals surface area contributed by atoms with Gasteiger partial charge in [-0.3, -0.25) is 9.59 Å². The number of aldehydes is 1. The van der Waals surface area contributed by atoms with Crippen LogP contribution < -0.4 is 4.74 Å². The Morgan fingerprint density at radius 2 is 2.18 bits per heavy atom. The van der Waals surface area contributed by atoms with Gasteiger partial charge in [-0.05, 0) is 32.0 Å². The van der Waals surface area contributed by atoms with Crippen LogP contribution in [0.1, 0.15) is 24.2 Å². The van der Waals surface area contributed by atoms with Crippen molar-refractivity contribution in [3.05, 3.63) is 28.8 Å². The summed E-state index contributed by atoms with van der Waals surface area (Å²) in [6.45, 7) is 3.07. The van der Waals surface area contributed by atoms with Crippen LogP contribution in [0.15, 0.2) is 18.2 Å². The van der Waals surface area contributed by atoms with E-state index < -0.39 is 11.4 Å². The summed E-state index contributed by atoms with van der Waals surface area (Å²) in [5.74, 6) is -0.627. The Balaban J connectivity index is 2.83. The molecule has 0 bridgehead atoms. The molecule has 0 saturated heterocycles. The number of ether oxygens (including phenoxy) is 1. The van der Waals surface area contributed by atoms with Gasteiger partial charge in [-0.1, -0.05) is 11.6 Å². The number of benzene rings is 1. The summed E-state index contributed by atoms with van der Waals surface area (Å²) in [6, 6.07) is 4.60. The second-order valence-electron chi connectivity index (χ2n) is 4.28. The van der Waals surface area contributed by atoms with E-state index in [4.69, 9.17) is 21.4 Å². The van der Waals surface area contributed by atoms with Crippen molar-refractivity contribution < 1.29 is 19.4 Å². The van der Waals surface area contributed by atoms with E-state index >= 15 is 0 Å². The minimum absolute atomic E-state index is 0.0230. The first-order valence-electron chi connectivity index (χ1n) is 4.98. The van der Waals surface area contributed by atoms with Crippen molar-refractivity contribution in [3.63, 3.8) is 0 Å². The number of carbonyl (C=O) groups is 2. The van der Waals surface area contributed by atoms with Gasteiger partial charge in [0.05, 0.1) is 11.0 Å². The van der Waals surface area contributed by atoms with Crippen molar-refractivity contribution in [3.8, 4) is 5.75 Å². The van der Waals surface area contributed by atoms with Crippen LogP contribution in [0.5, 0.6) is 5.75 Å². The fourth-order valence-electron chi connectivity index (χ4n) is 1.06. The third-order valence-corrected chi connectivity index (χ3v) is 2.50. The zero-order valence-electron chi connectivity index (χ0n) is 9.57. The first-order valence-corrected chi connectivity index (χ1v) is 5.35. The van der Waals surface area contributed by atoms with Gasteiger partial charge in [-0.25, -0.2) is 0 Å². The molecule has 0 radical (unpaired) electrons. The number of hydrogen-bond donors (Lipinski definition) is 1. The maximum atomic E-state index is 10.9. The highest BCUT2D eigenvalue weighted by atomic mass is 35.5. The number of hydrogen-bond acceptors (Lipinski definition) is 3. The van der Waals surface area contributed by atoms with Gasteiger partial charge in [0, 0.05) is 5.02 Å². The minimum Gasteiger partial charge on any atom is -0.492 e. The molecule has 1 aromatic carbocycles. The Morgan fingerprint density at radius 3 is 2.71 bits per heavy atom. The lowest BCUT2D eigenvalue weighted by Crippen LogP contribution is -2.30. The zero-order chi connectivity index (χ0) is 13.1. The zero-order valence-corrected chi connectivity index (χ0v) is 10.3. The molecule has 0 aliphatic heterocycles. The van der Waals surface area contributed by atoms with Crippen molar-refractivity contribution in [1.29, 1.82) is 0 Å². The van der Waals surface area contributed by atoms with Crippen LogP contribution in [-0.4, -0.2) is 24.0 Å². The van der Waals surface area contributed by atoms with Crippen LogP contribution in [0.4, 0.5) is 0 Å². The average Bonchev–Trinajstić information content (AvgIpc) is 2.27. The number of carboxylic acids is 1.